The highest BCUT2D eigenvalue weighted by Crippen LogP contribution is 2.21. The molecule has 1 saturated heterocycles. The minimum Gasteiger partial charge on any atom is -0.342 e. The number of hydrogen-bond donors (Lipinski definition) is 0. The maximum atomic E-state index is 12.5. The molecule has 4 nitrogen and oxygen atoms in total. The largest absolute Gasteiger partial charge is 0.342 e. The molecule has 2 aromatic heterocycles. The molecular weight excluding hydrogens is 286 g/mol. The Bertz CT molecular complexity index is 657. The number of rotatable bonds is 2. The zero-order valence-electron chi connectivity index (χ0n) is 12.4. The van der Waals surface area contributed by atoms with Gasteiger partial charge in [0.1, 0.15) is 5.65 Å². The van der Waals surface area contributed by atoms with Gasteiger partial charge in [-0.2, -0.15) is 0 Å². The molecule has 0 saturated carbocycles. The van der Waals surface area contributed by atoms with E-state index in [1.54, 1.807) is 0 Å². The van der Waals surface area contributed by atoms with Crippen molar-refractivity contribution in [2.75, 3.05) is 13.1 Å². The van der Waals surface area contributed by atoms with Crippen LogP contribution in [0.15, 0.2) is 24.5 Å². The fourth-order valence-electron chi connectivity index (χ4n) is 3.24. The second-order valence-electron chi connectivity index (χ2n) is 6.27. The molecule has 0 aromatic carbocycles. The number of likely N-dealkylation sites (tertiary alicyclic amines) is 1. The van der Waals surface area contributed by atoms with Crippen molar-refractivity contribution < 1.29 is 4.79 Å². The van der Waals surface area contributed by atoms with Gasteiger partial charge in [-0.05, 0) is 30.4 Å². The summed E-state index contributed by atoms with van der Waals surface area (Å²) >= 11 is 5.96. The van der Waals surface area contributed by atoms with Gasteiger partial charge >= 0.3 is 0 Å². The number of carbonyl (C=O) groups is 1. The van der Waals surface area contributed by atoms with E-state index in [-0.39, 0.29) is 5.91 Å². The van der Waals surface area contributed by atoms with Crippen LogP contribution in [-0.2, 0) is 11.2 Å². The zero-order valence-corrected chi connectivity index (χ0v) is 13.2. The Kier molecular flexibility index (Phi) is 3.89. The molecule has 0 spiro atoms. The van der Waals surface area contributed by atoms with E-state index in [2.05, 4.69) is 18.8 Å². The predicted octanol–water partition coefficient (Wildman–Crippen LogP) is 3.03. The lowest BCUT2D eigenvalue weighted by atomic mass is 9.91. The van der Waals surface area contributed by atoms with Gasteiger partial charge in [0.15, 0.2) is 0 Å². The maximum absolute atomic E-state index is 12.5. The second-order valence-corrected chi connectivity index (χ2v) is 6.70. The van der Waals surface area contributed by atoms with Gasteiger partial charge < -0.3 is 9.30 Å². The van der Waals surface area contributed by atoms with Crippen molar-refractivity contribution >= 4 is 23.2 Å². The van der Waals surface area contributed by atoms with Crippen LogP contribution in [0.2, 0.25) is 5.02 Å². The van der Waals surface area contributed by atoms with Crippen LogP contribution < -0.4 is 0 Å². The number of aromatic nitrogens is 2. The number of fused-ring (bicyclic) bond motifs is 1. The van der Waals surface area contributed by atoms with E-state index in [1.165, 1.54) is 6.42 Å². The molecule has 2 atom stereocenters. The van der Waals surface area contributed by atoms with E-state index >= 15 is 0 Å². The van der Waals surface area contributed by atoms with E-state index in [0.29, 0.717) is 23.3 Å². The first-order chi connectivity index (χ1) is 10.0. The first kappa shape index (κ1) is 14.4. The Labute approximate surface area is 129 Å². The van der Waals surface area contributed by atoms with Gasteiger partial charge in [0.2, 0.25) is 5.91 Å². The van der Waals surface area contributed by atoms with Crippen LogP contribution in [0.5, 0.6) is 0 Å². The van der Waals surface area contributed by atoms with Crippen LogP contribution in [0.25, 0.3) is 5.65 Å². The van der Waals surface area contributed by atoms with Crippen molar-refractivity contribution in [1.29, 1.82) is 0 Å². The number of pyridine rings is 1. The molecule has 1 fully saturated rings. The molecule has 2 aromatic rings. The fourth-order valence-corrected chi connectivity index (χ4v) is 3.40. The van der Waals surface area contributed by atoms with E-state index < -0.39 is 0 Å². The molecular formula is C16H20ClN3O. The third kappa shape index (κ3) is 3.21. The fraction of sp³-hybridized carbons (Fsp3) is 0.500. The Hall–Kier alpha value is -1.55. The lowest BCUT2D eigenvalue weighted by Gasteiger charge is -2.35. The highest BCUT2D eigenvalue weighted by molar-refractivity contribution is 6.30. The van der Waals surface area contributed by atoms with E-state index in [0.717, 1.165) is 24.4 Å². The Morgan fingerprint density at radius 2 is 2.00 bits per heavy atom. The molecule has 1 aliphatic rings. The van der Waals surface area contributed by atoms with E-state index in [9.17, 15) is 4.79 Å². The van der Waals surface area contributed by atoms with Crippen LogP contribution in [0, 0.1) is 11.8 Å². The van der Waals surface area contributed by atoms with Crippen molar-refractivity contribution in [1.82, 2.24) is 14.3 Å². The van der Waals surface area contributed by atoms with Crippen molar-refractivity contribution in [3.05, 3.63) is 35.2 Å². The van der Waals surface area contributed by atoms with Crippen molar-refractivity contribution in [3.8, 4) is 0 Å². The standard InChI is InChI=1S/C16H20ClN3O/c1-11-5-12(2)8-20(7-11)16(21)6-14-10-19-9-13(17)3-4-15(19)18-14/h3-4,9-12H,5-8H2,1-2H3. The third-order valence-corrected chi connectivity index (χ3v) is 4.24. The first-order valence-electron chi connectivity index (χ1n) is 7.42. The Morgan fingerprint density at radius 1 is 1.29 bits per heavy atom. The van der Waals surface area contributed by atoms with Crippen molar-refractivity contribution in [3.63, 3.8) is 0 Å². The van der Waals surface area contributed by atoms with Crippen molar-refractivity contribution in [2.24, 2.45) is 11.8 Å². The summed E-state index contributed by atoms with van der Waals surface area (Å²) in [6, 6.07) is 3.67. The molecule has 5 heteroatoms. The number of carbonyl (C=O) groups excluding carboxylic acids is 1. The normalized spacial score (nSPS) is 22.7. The molecule has 3 heterocycles. The van der Waals surface area contributed by atoms with Crippen LogP contribution in [0.4, 0.5) is 0 Å². The topological polar surface area (TPSA) is 37.6 Å². The SMILES string of the molecule is CC1CC(C)CN(C(=O)Cc2cn3cc(Cl)ccc3n2)C1. The molecule has 1 amide bonds. The number of amides is 1. The zero-order chi connectivity index (χ0) is 15.0. The highest BCUT2D eigenvalue weighted by atomic mass is 35.5. The minimum atomic E-state index is 0.169. The molecule has 3 rings (SSSR count). The third-order valence-electron chi connectivity index (χ3n) is 4.02. The Morgan fingerprint density at radius 3 is 2.71 bits per heavy atom. The Balaban J connectivity index is 1.73. The van der Waals surface area contributed by atoms with Crippen LogP contribution >= 0.6 is 11.6 Å². The summed E-state index contributed by atoms with van der Waals surface area (Å²) in [6.07, 6.45) is 5.26. The lowest BCUT2D eigenvalue weighted by molar-refractivity contribution is -0.133. The summed E-state index contributed by atoms with van der Waals surface area (Å²) in [7, 11) is 0. The molecule has 112 valence electrons. The number of piperidine rings is 1. The van der Waals surface area contributed by atoms with Crippen LogP contribution in [0.3, 0.4) is 0 Å². The van der Waals surface area contributed by atoms with Gasteiger partial charge in [0, 0.05) is 25.5 Å². The van der Waals surface area contributed by atoms with Gasteiger partial charge in [-0.15, -0.1) is 0 Å². The molecule has 2 unspecified atom stereocenters. The molecule has 0 radical (unpaired) electrons. The van der Waals surface area contributed by atoms with Gasteiger partial charge in [-0.25, -0.2) is 4.98 Å². The average Bonchev–Trinajstić information content (AvgIpc) is 2.78. The molecule has 0 bridgehead atoms. The van der Waals surface area contributed by atoms with E-state index in [1.807, 2.05) is 33.8 Å². The molecule has 0 aliphatic carbocycles. The van der Waals surface area contributed by atoms with Crippen molar-refractivity contribution in [2.45, 2.75) is 26.7 Å². The van der Waals surface area contributed by atoms with Gasteiger partial charge in [-0.1, -0.05) is 25.4 Å². The van der Waals surface area contributed by atoms with Crippen LogP contribution in [0.1, 0.15) is 26.0 Å². The number of halogens is 1. The van der Waals surface area contributed by atoms with Gasteiger partial charge in [0.05, 0.1) is 17.1 Å². The molecule has 1 aliphatic heterocycles. The van der Waals surface area contributed by atoms with Gasteiger partial charge in [0.25, 0.3) is 0 Å². The summed E-state index contributed by atoms with van der Waals surface area (Å²) in [6.45, 7) is 6.15. The summed E-state index contributed by atoms with van der Waals surface area (Å²) < 4.78 is 1.87. The summed E-state index contributed by atoms with van der Waals surface area (Å²) in [5, 5.41) is 0.663. The van der Waals surface area contributed by atoms with E-state index in [4.69, 9.17) is 11.6 Å². The summed E-state index contributed by atoms with van der Waals surface area (Å²) in [5.74, 6) is 1.33. The molecule has 0 N–H and O–H groups in total. The lowest BCUT2D eigenvalue weighted by Crippen LogP contribution is -2.43. The maximum Gasteiger partial charge on any atom is 0.228 e. The number of hydrogen-bond acceptors (Lipinski definition) is 2. The summed E-state index contributed by atoms with van der Waals surface area (Å²) in [5.41, 5.74) is 1.62. The average molecular weight is 306 g/mol. The predicted molar refractivity (Wildman–Crippen MR) is 83.4 cm³/mol. The van der Waals surface area contributed by atoms with Gasteiger partial charge in [-0.3, -0.25) is 4.79 Å². The number of nitrogens with zero attached hydrogens (tertiary/aromatic N) is 3. The second kappa shape index (κ2) is 5.68. The number of imidazole rings is 1. The highest BCUT2D eigenvalue weighted by Gasteiger charge is 2.25. The van der Waals surface area contributed by atoms with Crippen LogP contribution in [-0.4, -0.2) is 33.3 Å². The smallest absolute Gasteiger partial charge is 0.228 e. The summed E-state index contributed by atoms with van der Waals surface area (Å²) in [4.78, 5) is 18.9. The molecule has 21 heavy (non-hydrogen) atoms. The quantitative estimate of drug-likeness (QED) is 0.855. The minimum absolute atomic E-state index is 0.169. The first-order valence-corrected chi connectivity index (χ1v) is 7.80. The monoisotopic (exact) mass is 305 g/mol.